The molecule has 1 aliphatic rings. The van der Waals surface area contributed by atoms with Crippen LogP contribution in [0.5, 0.6) is 5.75 Å². The van der Waals surface area contributed by atoms with Crippen molar-refractivity contribution in [2.45, 2.75) is 18.8 Å². The number of carbonyl (C=O) groups is 1. The largest absolute Gasteiger partial charge is 0.508 e. The maximum atomic E-state index is 11.8. The van der Waals surface area contributed by atoms with Crippen LogP contribution in [0.2, 0.25) is 0 Å². The molecule has 4 heteroatoms. The number of rotatable bonds is 3. The third kappa shape index (κ3) is 2.74. The van der Waals surface area contributed by atoms with E-state index in [0.717, 1.165) is 23.6 Å². The number of hydrogen-bond acceptors (Lipinski definition) is 4. The lowest BCUT2D eigenvalue weighted by Crippen LogP contribution is -2.16. The van der Waals surface area contributed by atoms with Crippen molar-refractivity contribution in [2.24, 2.45) is 0 Å². The van der Waals surface area contributed by atoms with Gasteiger partial charge in [0, 0.05) is 29.8 Å². The second-order valence-electron chi connectivity index (χ2n) is 4.93. The lowest BCUT2D eigenvalue weighted by Gasteiger charge is -2.21. The Labute approximate surface area is 116 Å². The molecule has 0 spiro atoms. The van der Waals surface area contributed by atoms with Gasteiger partial charge in [-0.2, -0.15) is 0 Å². The third-order valence-electron chi connectivity index (χ3n) is 3.37. The van der Waals surface area contributed by atoms with Gasteiger partial charge in [0.15, 0.2) is 5.78 Å². The van der Waals surface area contributed by atoms with Gasteiger partial charge >= 0.3 is 0 Å². The maximum absolute atomic E-state index is 11.8. The van der Waals surface area contributed by atoms with E-state index in [-0.39, 0.29) is 17.5 Å². The van der Waals surface area contributed by atoms with Crippen LogP contribution in [0, 0.1) is 0 Å². The molecule has 20 heavy (non-hydrogen) atoms. The van der Waals surface area contributed by atoms with E-state index < -0.39 is 0 Å². The number of carbonyl (C=O) groups excluding carboxylic acids is 1. The van der Waals surface area contributed by atoms with Gasteiger partial charge in [-0.25, -0.2) is 0 Å². The summed E-state index contributed by atoms with van der Waals surface area (Å²) < 4.78 is 5.40. The Hall–Kier alpha value is -2.49. The second kappa shape index (κ2) is 5.25. The lowest BCUT2D eigenvalue weighted by molar-refractivity contribution is -0.115. The molecule has 1 aromatic carbocycles. The van der Waals surface area contributed by atoms with Gasteiger partial charge in [-0.05, 0) is 42.8 Å². The van der Waals surface area contributed by atoms with Gasteiger partial charge in [-0.3, -0.25) is 4.79 Å². The minimum atomic E-state index is 0.0853. The Morgan fingerprint density at radius 3 is 2.65 bits per heavy atom. The molecular formula is C16H15NO3. The van der Waals surface area contributed by atoms with E-state index in [1.54, 1.807) is 36.6 Å². The van der Waals surface area contributed by atoms with Crippen molar-refractivity contribution in [3.63, 3.8) is 0 Å². The van der Waals surface area contributed by atoms with Crippen LogP contribution < -0.4 is 5.32 Å². The molecule has 1 aromatic heterocycles. The standard InChI is InChI=1S/C16H15NO3/c18-14-5-3-12(4-6-14)17-13-8-11(9-15(19)10-13)16-2-1-7-20-16/h1-7,10-11,17-18H,8-9H2/t11-/m0/s1. The van der Waals surface area contributed by atoms with E-state index in [2.05, 4.69) is 5.32 Å². The van der Waals surface area contributed by atoms with E-state index in [1.807, 2.05) is 12.1 Å². The smallest absolute Gasteiger partial charge is 0.158 e. The molecule has 0 unspecified atom stereocenters. The van der Waals surface area contributed by atoms with Crippen LogP contribution >= 0.6 is 0 Å². The number of allylic oxidation sites excluding steroid dienone is 2. The number of anilines is 1. The maximum Gasteiger partial charge on any atom is 0.158 e. The summed E-state index contributed by atoms with van der Waals surface area (Å²) in [5, 5.41) is 12.5. The van der Waals surface area contributed by atoms with Gasteiger partial charge in [0.25, 0.3) is 0 Å². The van der Waals surface area contributed by atoms with Gasteiger partial charge in [-0.15, -0.1) is 0 Å². The summed E-state index contributed by atoms with van der Waals surface area (Å²) in [5.74, 6) is 1.25. The average Bonchev–Trinajstić information content (AvgIpc) is 2.95. The first kappa shape index (κ1) is 12.5. The molecule has 1 heterocycles. The van der Waals surface area contributed by atoms with E-state index in [9.17, 15) is 9.90 Å². The Morgan fingerprint density at radius 1 is 1.15 bits per heavy atom. The van der Waals surface area contributed by atoms with Crippen LogP contribution in [0.4, 0.5) is 5.69 Å². The van der Waals surface area contributed by atoms with Gasteiger partial charge in [0.1, 0.15) is 11.5 Å². The molecular weight excluding hydrogens is 254 g/mol. The molecule has 1 aliphatic carbocycles. The number of aromatic hydroxyl groups is 1. The quantitative estimate of drug-likeness (QED) is 0.838. The van der Waals surface area contributed by atoms with Gasteiger partial charge in [0.05, 0.1) is 6.26 Å². The summed E-state index contributed by atoms with van der Waals surface area (Å²) in [6.07, 6.45) is 4.49. The van der Waals surface area contributed by atoms with Crippen molar-refractivity contribution in [1.82, 2.24) is 0 Å². The van der Waals surface area contributed by atoms with Crippen molar-refractivity contribution in [2.75, 3.05) is 5.32 Å². The summed E-state index contributed by atoms with van der Waals surface area (Å²) in [6.45, 7) is 0. The topological polar surface area (TPSA) is 62.5 Å². The second-order valence-corrected chi connectivity index (χ2v) is 4.93. The molecule has 3 rings (SSSR count). The first-order valence-electron chi connectivity index (χ1n) is 6.53. The zero-order valence-electron chi connectivity index (χ0n) is 10.9. The first-order valence-corrected chi connectivity index (χ1v) is 6.53. The zero-order chi connectivity index (χ0) is 13.9. The van der Waals surface area contributed by atoms with Crippen molar-refractivity contribution >= 4 is 11.5 Å². The van der Waals surface area contributed by atoms with Gasteiger partial charge in [-0.1, -0.05) is 0 Å². The van der Waals surface area contributed by atoms with Gasteiger partial charge in [0.2, 0.25) is 0 Å². The monoisotopic (exact) mass is 269 g/mol. The van der Waals surface area contributed by atoms with Crippen molar-refractivity contribution in [3.8, 4) is 5.75 Å². The summed E-state index contributed by atoms with van der Waals surface area (Å²) in [5.41, 5.74) is 1.72. The Kier molecular flexibility index (Phi) is 3.29. The third-order valence-corrected chi connectivity index (χ3v) is 3.37. The molecule has 0 saturated carbocycles. The first-order chi connectivity index (χ1) is 9.70. The molecule has 2 aromatic rings. The molecule has 0 radical (unpaired) electrons. The lowest BCUT2D eigenvalue weighted by atomic mass is 9.89. The van der Waals surface area contributed by atoms with Crippen molar-refractivity contribution in [1.29, 1.82) is 0 Å². The van der Waals surface area contributed by atoms with E-state index in [1.165, 1.54) is 0 Å². The number of furan rings is 1. The molecule has 0 aliphatic heterocycles. The van der Waals surface area contributed by atoms with Crippen LogP contribution in [-0.2, 0) is 4.79 Å². The molecule has 1 atom stereocenters. The van der Waals surface area contributed by atoms with E-state index in [0.29, 0.717) is 6.42 Å². The minimum absolute atomic E-state index is 0.0853. The summed E-state index contributed by atoms with van der Waals surface area (Å²) in [6, 6.07) is 10.5. The molecule has 0 bridgehead atoms. The van der Waals surface area contributed by atoms with Crippen LogP contribution in [0.1, 0.15) is 24.5 Å². The molecule has 0 amide bonds. The number of hydrogen-bond donors (Lipinski definition) is 2. The number of benzene rings is 1. The van der Waals surface area contributed by atoms with E-state index >= 15 is 0 Å². The number of phenolic OH excluding ortho intramolecular Hbond substituents is 1. The SMILES string of the molecule is O=C1C=C(Nc2ccc(O)cc2)C[C@H](c2ccco2)C1. The summed E-state index contributed by atoms with van der Waals surface area (Å²) >= 11 is 0. The Morgan fingerprint density at radius 2 is 1.95 bits per heavy atom. The normalized spacial score (nSPS) is 18.7. The van der Waals surface area contributed by atoms with Gasteiger partial charge < -0.3 is 14.8 Å². The minimum Gasteiger partial charge on any atom is -0.508 e. The molecule has 2 N–H and O–H groups in total. The highest BCUT2D eigenvalue weighted by atomic mass is 16.3. The van der Waals surface area contributed by atoms with Crippen LogP contribution in [0.3, 0.4) is 0 Å². The highest BCUT2D eigenvalue weighted by Gasteiger charge is 2.24. The predicted molar refractivity (Wildman–Crippen MR) is 75.5 cm³/mol. The summed E-state index contributed by atoms with van der Waals surface area (Å²) in [7, 11) is 0. The fourth-order valence-corrected chi connectivity index (χ4v) is 2.43. The predicted octanol–water partition coefficient (Wildman–Crippen LogP) is 3.43. The van der Waals surface area contributed by atoms with Crippen molar-refractivity contribution < 1.29 is 14.3 Å². The number of nitrogens with one attached hydrogen (secondary N) is 1. The Bertz CT molecular complexity index is 626. The molecule has 0 fully saturated rings. The zero-order valence-corrected chi connectivity index (χ0v) is 10.9. The average molecular weight is 269 g/mol. The number of phenols is 1. The summed E-state index contributed by atoms with van der Waals surface area (Å²) in [4.78, 5) is 11.8. The van der Waals surface area contributed by atoms with Crippen molar-refractivity contribution in [3.05, 3.63) is 60.2 Å². The van der Waals surface area contributed by atoms with E-state index in [4.69, 9.17) is 4.42 Å². The molecule has 4 nitrogen and oxygen atoms in total. The number of ketones is 1. The molecule has 102 valence electrons. The van der Waals surface area contributed by atoms with Crippen LogP contribution in [-0.4, -0.2) is 10.9 Å². The fourth-order valence-electron chi connectivity index (χ4n) is 2.43. The highest BCUT2D eigenvalue weighted by Crippen LogP contribution is 2.32. The fraction of sp³-hybridized carbons (Fsp3) is 0.188. The highest BCUT2D eigenvalue weighted by molar-refractivity contribution is 5.92. The van der Waals surface area contributed by atoms with Crippen LogP contribution in [0.25, 0.3) is 0 Å². The molecule has 0 saturated heterocycles. The van der Waals surface area contributed by atoms with Crippen LogP contribution in [0.15, 0.2) is 58.9 Å². The Balaban J connectivity index is 1.76.